The van der Waals surface area contributed by atoms with E-state index >= 15 is 0 Å². The van der Waals surface area contributed by atoms with Crippen LogP contribution in [0.5, 0.6) is 0 Å². The van der Waals surface area contributed by atoms with E-state index in [2.05, 4.69) is 4.72 Å². The van der Waals surface area contributed by atoms with E-state index in [0.29, 0.717) is 6.54 Å². The Bertz CT molecular complexity index is 571. The highest BCUT2D eigenvalue weighted by Crippen LogP contribution is 2.46. The molecule has 0 atom stereocenters. The number of halogens is 1. The maximum Gasteiger partial charge on any atom is 0.240 e. The predicted molar refractivity (Wildman–Crippen MR) is 75.0 cm³/mol. The first-order valence-electron chi connectivity index (χ1n) is 5.96. The standard InChI is InChI=1S/C12H17FN2O2S2/c1-18-12(4-5-12)8-15-19(16,17)10-2-3-11(13)9(6-10)7-14/h2-3,6,15H,4-5,7-8,14H2,1H3. The zero-order valence-corrected chi connectivity index (χ0v) is 12.3. The number of hydrogen-bond acceptors (Lipinski definition) is 4. The van der Waals surface area contributed by atoms with Gasteiger partial charge in [0, 0.05) is 23.4 Å². The van der Waals surface area contributed by atoms with Crippen LogP contribution >= 0.6 is 11.8 Å². The van der Waals surface area contributed by atoms with E-state index in [0.717, 1.165) is 18.9 Å². The molecule has 0 saturated heterocycles. The zero-order valence-electron chi connectivity index (χ0n) is 10.6. The molecule has 0 aliphatic heterocycles. The van der Waals surface area contributed by atoms with Crippen LogP contribution in [-0.4, -0.2) is 26.0 Å². The molecule has 19 heavy (non-hydrogen) atoms. The predicted octanol–water partition coefficient (Wildman–Crippen LogP) is 1.46. The largest absolute Gasteiger partial charge is 0.326 e. The Kier molecular flexibility index (Phi) is 4.20. The molecule has 1 aromatic rings. The quantitative estimate of drug-likeness (QED) is 0.834. The Morgan fingerprint density at radius 1 is 1.47 bits per heavy atom. The lowest BCUT2D eigenvalue weighted by atomic mass is 10.2. The molecule has 2 rings (SSSR count). The maximum atomic E-state index is 13.3. The highest BCUT2D eigenvalue weighted by atomic mass is 32.2. The summed E-state index contributed by atoms with van der Waals surface area (Å²) in [6, 6.07) is 3.68. The maximum absolute atomic E-state index is 13.3. The van der Waals surface area contributed by atoms with Crippen LogP contribution in [0.3, 0.4) is 0 Å². The molecule has 1 aliphatic rings. The topological polar surface area (TPSA) is 72.2 Å². The van der Waals surface area contributed by atoms with Crippen LogP contribution in [0.4, 0.5) is 4.39 Å². The third kappa shape index (κ3) is 3.28. The van der Waals surface area contributed by atoms with Gasteiger partial charge in [-0.05, 0) is 37.3 Å². The van der Waals surface area contributed by atoms with Crippen LogP contribution in [0.2, 0.25) is 0 Å². The molecule has 1 aromatic carbocycles. The van der Waals surface area contributed by atoms with Crippen molar-refractivity contribution >= 4 is 21.8 Å². The van der Waals surface area contributed by atoms with E-state index in [1.54, 1.807) is 11.8 Å². The average molecular weight is 304 g/mol. The first-order chi connectivity index (χ1) is 8.92. The number of hydrogen-bond donors (Lipinski definition) is 2. The lowest BCUT2D eigenvalue weighted by Crippen LogP contribution is -2.31. The Balaban J connectivity index is 2.15. The summed E-state index contributed by atoms with van der Waals surface area (Å²) in [4.78, 5) is 0.0613. The van der Waals surface area contributed by atoms with Gasteiger partial charge in [-0.25, -0.2) is 17.5 Å². The normalized spacial score (nSPS) is 17.4. The molecular formula is C12H17FN2O2S2. The van der Waals surface area contributed by atoms with Crippen molar-refractivity contribution in [3.05, 3.63) is 29.6 Å². The van der Waals surface area contributed by atoms with Gasteiger partial charge in [0.05, 0.1) is 4.90 Å². The summed E-state index contributed by atoms with van der Waals surface area (Å²) in [6.45, 7) is 0.385. The highest BCUT2D eigenvalue weighted by molar-refractivity contribution is 8.00. The molecular weight excluding hydrogens is 287 g/mol. The SMILES string of the molecule is CSC1(CNS(=O)(=O)c2ccc(F)c(CN)c2)CC1. The van der Waals surface area contributed by atoms with E-state index in [4.69, 9.17) is 5.73 Å². The molecule has 0 unspecified atom stereocenters. The Hall–Kier alpha value is -0.630. The van der Waals surface area contributed by atoms with Gasteiger partial charge in [0.25, 0.3) is 0 Å². The van der Waals surface area contributed by atoms with Crippen molar-refractivity contribution in [2.24, 2.45) is 5.73 Å². The van der Waals surface area contributed by atoms with Crippen molar-refractivity contribution < 1.29 is 12.8 Å². The number of nitrogens with one attached hydrogen (secondary N) is 1. The smallest absolute Gasteiger partial charge is 0.240 e. The second kappa shape index (κ2) is 5.40. The Morgan fingerprint density at radius 2 is 2.16 bits per heavy atom. The molecule has 1 aliphatic carbocycles. The minimum atomic E-state index is -3.60. The molecule has 0 aromatic heterocycles. The minimum Gasteiger partial charge on any atom is -0.326 e. The fourth-order valence-corrected chi connectivity index (χ4v) is 3.77. The molecule has 4 nitrogen and oxygen atoms in total. The fraction of sp³-hybridized carbons (Fsp3) is 0.500. The number of sulfonamides is 1. The molecule has 0 bridgehead atoms. The van der Waals surface area contributed by atoms with Crippen LogP contribution in [0.15, 0.2) is 23.1 Å². The van der Waals surface area contributed by atoms with Crippen molar-refractivity contribution in [1.82, 2.24) is 4.72 Å². The highest BCUT2D eigenvalue weighted by Gasteiger charge is 2.42. The van der Waals surface area contributed by atoms with Crippen LogP contribution in [0.25, 0.3) is 0 Å². The molecule has 1 saturated carbocycles. The van der Waals surface area contributed by atoms with E-state index in [1.807, 2.05) is 6.26 Å². The van der Waals surface area contributed by atoms with Gasteiger partial charge >= 0.3 is 0 Å². The monoisotopic (exact) mass is 304 g/mol. The Labute approximate surface area is 117 Å². The van der Waals surface area contributed by atoms with E-state index < -0.39 is 15.8 Å². The second-order valence-corrected chi connectivity index (χ2v) is 7.71. The van der Waals surface area contributed by atoms with E-state index in [1.165, 1.54) is 12.1 Å². The molecule has 0 radical (unpaired) electrons. The summed E-state index contributed by atoms with van der Waals surface area (Å²) >= 11 is 1.68. The summed E-state index contributed by atoms with van der Waals surface area (Å²) in [6.07, 6.45) is 4.02. The van der Waals surface area contributed by atoms with E-state index in [-0.39, 0.29) is 21.8 Å². The molecule has 106 valence electrons. The number of rotatable bonds is 6. The summed E-state index contributed by atoms with van der Waals surface area (Å²) < 4.78 is 40.2. The fourth-order valence-electron chi connectivity index (χ4n) is 1.78. The number of nitrogens with two attached hydrogens (primary N) is 1. The van der Waals surface area contributed by atoms with Gasteiger partial charge in [-0.3, -0.25) is 0 Å². The van der Waals surface area contributed by atoms with Gasteiger partial charge < -0.3 is 5.73 Å². The van der Waals surface area contributed by atoms with Gasteiger partial charge in [-0.1, -0.05) is 0 Å². The summed E-state index contributed by atoms with van der Waals surface area (Å²) in [5, 5.41) is 0. The van der Waals surface area contributed by atoms with Crippen molar-refractivity contribution in [2.45, 2.75) is 29.0 Å². The van der Waals surface area contributed by atoms with Crippen LogP contribution in [0.1, 0.15) is 18.4 Å². The van der Waals surface area contributed by atoms with Gasteiger partial charge in [0.15, 0.2) is 0 Å². The van der Waals surface area contributed by atoms with E-state index in [9.17, 15) is 12.8 Å². The molecule has 1 fully saturated rings. The van der Waals surface area contributed by atoms with Gasteiger partial charge in [0.1, 0.15) is 5.82 Å². The number of thioether (sulfide) groups is 1. The lowest BCUT2D eigenvalue weighted by molar-refractivity contribution is 0.577. The van der Waals surface area contributed by atoms with Crippen molar-refractivity contribution in [2.75, 3.05) is 12.8 Å². The van der Waals surface area contributed by atoms with Crippen LogP contribution in [0, 0.1) is 5.82 Å². The third-order valence-electron chi connectivity index (χ3n) is 3.37. The van der Waals surface area contributed by atoms with Crippen molar-refractivity contribution in [1.29, 1.82) is 0 Å². The average Bonchev–Trinajstić information content (AvgIpc) is 3.17. The third-order valence-corrected chi connectivity index (χ3v) is 6.19. The molecule has 3 N–H and O–H groups in total. The summed E-state index contributed by atoms with van der Waals surface area (Å²) in [5.74, 6) is -0.482. The molecule has 0 spiro atoms. The molecule has 0 amide bonds. The van der Waals surface area contributed by atoms with Crippen molar-refractivity contribution in [3.63, 3.8) is 0 Å². The second-order valence-electron chi connectivity index (χ2n) is 4.67. The van der Waals surface area contributed by atoms with Gasteiger partial charge in [0.2, 0.25) is 10.0 Å². The first kappa shape index (κ1) is 14.8. The number of benzene rings is 1. The van der Waals surface area contributed by atoms with Crippen LogP contribution < -0.4 is 10.5 Å². The Morgan fingerprint density at radius 3 is 2.68 bits per heavy atom. The van der Waals surface area contributed by atoms with Gasteiger partial charge in [-0.2, -0.15) is 11.8 Å². The van der Waals surface area contributed by atoms with Crippen LogP contribution in [-0.2, 0) is 16.6 Å². The minimum absolute atomic E-state index is 0.0239. The summed E-state index contributed by atoms with van der Waals surface area (Å²) in [5.41, 5.74) is 5.58. The lowest BCUT2D eigenvalue weighted by Gasteiger charge is -2.14. The summed E-state index contributed by atoms with van der Waals surface area (Å²) in [7, 11) is -3.60. The molecule has 0 heterocycles. The molecule has 7 heteroatoms. The van der Waals surface area contributed by atoms with Gasteiger partial charge in [-0.15, -0.1) is 0 Å². The zero-order chi connectivity index (χ0) is 14.1. The van der Waals surface area contributed by atoms with Crippen molar-refractivity contribution in [3.8, 4) is 0 Å². The first-order valence-corrected chi connectivity index (χ1v) is 8.66.